The smallest absolute Gasteiger partial charge is 0.254 e. The molecule has 1 amide bonds. The van der Waals surface area contributed by atoms with Gasteiger partial charge in [0.1, 0.15) is 5.75 Å². The van der Waals surface area contributed by atoms with Gasteiger partial charge in [0.15, 0.2) is 0 Å². The summed E-state index contributed by atoms with van der Waals surface area (Å²) in [5.74, 6) is 1.06. The average Bonchev–Trinajstić information content (AvgIpc) is 2.63. The average molecular weight is 361 g/mol. The standard InChI is InChI=1S/C18H21ClN4O2/c1-22-8-9-23(15(10-20)12-22)18(24)13-2-5-16(6-3-13)25-17-7-4-14(19)11-21-17/h2-7,11,15H,8-10,12,20H2,1H3. The quantitative estimate of drug-likeness (QED) is 0.905. The number of amides is 1. The van der Waals surface area contributed by atoms with Gasteiger partial charge < -0.3 is 20.3 Å². The highest BCUT2D eigenvalue weighted by molar-refractivity contribution is 6.30. The van der Waals surface area contributed by atoms with Gasteiger partial charge in [-0.1, -0.05) is 11.6 Å². The van der Waals surface area contributed by atoms with Gasteiger partial charge in [-0.2, -0.15) is 0 Å². The summed E-state index contributed by atoms with van der Waals surface area (Å²) in [6.07, 6.45) is 1.52. The van der Waals surface area contributed by atoms with E-state index in [4.69, 9.17) is 22.1 Å². The largest absolute Gasteiger partial charge is 0.439 e. The number of likely N-dealkylation sites (N-methyl/N-ethyl adjacent to an activating group) is 1. The molecule has 0 spiro atoms. The second-order valence-electron chi connectivity index (χ2n) is 6.09. The van der Waals surface area contributed by atoms with Gasteiger partial charge >= 0.3 is 0 Å². The fourth-order valence-corrected chi connectivity index (χ4v) is 2.97. The lowest BCUT2D eigenvalue weighted by atomic mass is 10.1. The first-order valence-corrected chi connectivity index (χ1v) is 8.53. The van der Waals surface area contributed by atoms with Gasteiger partial charge in [0.25, 0.3) is 5.91 Å². The molecule has 0 saturated carbocycles. The zero-order valence-electron chi connectivity index (χ0n) is 14.1. The van der Waals surface area contributed by atoms with Crippen molar-refractivity contribution in [1.29, 1.82) is 0 Å². The molecule has 1 aromatic heterocycles. The molecule has 1 aromatic carbocycles. The fraction of sp³-hybridized carbons (Fsp3) is 0.333. The SMILES string of the molecule is CN1CCN(C(=O)c2ccc(Oc3ccc(Cl)cn3)cc2)C(CN)C1. The number of hydrogen-bond donors (Lipinski definition) is 1. The van der Waals surface area contributed by atoms with Crippen molar-refractivity contribution >= 4 is 17.5 Å². The van der Waals surface area contributed by atoms with E-state index in [0.717, 1.165) is 13.1 Å². The Morgan fingerprint density at radius 1 is 1.28 bits per heavy atom. The molecule has 0 radical (unpaired) electrons. The van der Waals surface area contributed by atoms with Gasteiger partial charge in [-0.3, -0.25) is 4.79 Å². The number of rotatable bonds is 4. The number of carbonyl (C=O) groups is 1. The Morgan fingerprint density at radius 3 is 2.68 bits per heavy atom. The molecule has 2 N–H and O–H groups in total. The van der Waals surface area contributed by atoms with E-state index < -0.39 is 0 Å². The third-order valence-electron chi connectivity index (χ3n) is 4.24. The summed E-state index contributed by atoms with van der Waals surface area (Å²) in [4.78, 5) is 20.9. The zero-order chi connectivity index (χ0) is 17.8. The molecule has 25 heavy (non-hydrogen) atoms. The number of piperazine rings is 1. The summed E-state index contributed by atoms with van der Waals surface area (Å²) in [5, 5.41) is 0.551. The molecule has 2 heterocycles. The van der Waals surface area contributed by atoms with Crippen molar-refractivity contribution in [2.75, 3.05) is 33.2 Å². The maximum absolute atomic E-state index is 12.8. The minimum absolute atomic E-state index is 0.000261. The summed E-state index contributed by atoms with van der Waals surface area (Å²) < 4.78 is 5.65. The molecule has 3 rings (SSSR count). The fourth-order valence-electron chi connectivity index (χ4n) is 2.85. The van der Waals surface area contributed by atoms with Crippen LogP contribution in [-0.2, 0) is 0 Å². The highest BCUT2D eigenvalue weighted by Gasteiger charge is 2.28. The first-order chi connectivity index (χ1) is 12.1. The minimum atomic E-state index is -0.000261. The van der Waals surface area contributed by atoms with Gasteiger partial charge in [0.05, 0.1) is 11.1 Å². The predicted octanol–water partition coefficient (Wildman–Crippen LogP) is 2.24. The Bertz CT molecular complexity index is 721. The third-order valence-corrected chi connectivity index (χ3v) is 4.47. The van der Waals surface area contributed by atoms with Gasteiger partial charge in [-0.05, 0) is 37.4 Å². The van der Waals surface area contributed by atoms with Crippen molar-refractivity contribution in [3.8, 4) is 11.6 Å². The minimum Gasteiger partial charge on any atom is -0.439 e. The van der Waals surface area contributed by atoms with Gasteiger partial charge in [-0.15, -0.1) is 0 Å². The number of nitrogens with two attached hydrogens (primary N) is 1. The number of pyridine rings is 1. The van der Waals surface area contributed by atoms with Crippen LogP contribution >= 0.6 is 11.6 Å². The van der Waals surface area contributed by atoms with E-state index in [1.807, 2.05) is 11.9 Å². The van der Waals surface area contributed by atoms with E-state index >= 15 is 0 Å². The monoisotopic (exact) mass is 360 g/mol. The molecule has 1 saturated heterocycles. The number of hydrogen-bond acceptors (Lipinski definition) is 5. The molecule has 6 nitrogen and oxygen atoms in total. The zero-order valence-corrected chi connectivity index (χ0v) is 14.8. The molecule has 2 aromatic rings. The lowest BCUT2D eigenvalue weighted by Crippen LogP contribution is -2.56. The first kappa shape index (κ1) is 17.7. The number of ether oxygens (including phenoxy) is 1. The molecule has 1 atom stereocenters. The van der Waals surface area contributed by atoms with Gasteiger partial charge in [-0.25, -0.2) is 4.98 Å². The summed E-state index contributed by atoms with van der Waals surface area (Å²) >= 11 is 5.80. The molecule has 1 fully saturated rings. The Labute approximate surface area is 152 Å². The van der Waals surface area contributed by atoms with Crippen LogP contribution in [0.5, 0.6) is 11.6 Å². The van der Waals surface area contributed by atoms with Crippen LogP contribution in [0.3, 0.4) is 0 Å². The third kappa shape index (κ3) is 4.28. The van der Waals surface area contributed by atoms with E-state index in [-0.39, 0.29) is 11.9 Å². The van der Waals surface area contributed by atoms with Crippen molar-refractivity contribution < 1.29 is 9.53 Å². The summed E-state index contributed by atoms with van der Waals surface area (Å²) in [6.45, 7) is 2.79. The van der Waals surface area contributed by atoms with Gasteiger partial charge in [0.2, 0.25) is 5.88 Å². The molecule has 1 unspecified atom stereocenters. The van der Waals surface area contributed by atoms with Crippen LogP contribution in [0, 0.1) is 0 Å². The lowest BCUT2D eigenvalue weighted by molar-refractivity contribution is 0.0516. The van der Waals surface area contributed by atoms with Crippen LogP contribution in [0.25, 0.3) is 0 Å². The van der Waals surface area contributed by atoms with E-state index in [1.165, 1.54) is 6.20 Å². The van der Waals surface area contributed by atoms with Crippen LogP contribution < -0.4 is 10.5 Å². The highest BCUT2D eigenvalue weighted by atomic mass is 35.5. The van der Waals surface area contributed by atoms with Crippen molar-refractivity contribution in [3.63, 3.8) is 0 Å². The van der Waals surface area contributed by atoms with Crippen molar-refractivity contribution in [1.82, 2.24) is 14.8 Å². The number of halogens is 1. The highest BCUT2D eigenvalue weighted by Crippen LogP contribution is 2.22. The molecule has 0 aliphatic carbocycles. The van der Waals surface area contributed by atoms with Crippen molar-refractivity contribution in [2.45, 2.75) is 6.04 Å². The molecule has 7 heteroatoms. The Hall–Kier alpha value is -2.15. The maximum Gasteiger partial charge on any atom is 0.254 e. The molecule has 0 bridgehead atoms. The van der Waals surface area contributed by atoms with Crippen molar-refractivity contribution in [3.05, 3.63) is 53.2 Å². The van der Waals surface area contributed by atoms with Crippen LogP contribution in [-0.4, -0.2) is 60.0 Å². The first-order valence-electron chi connectivity index (χ1n) is 8.16. The predicted molar refractivity (Wildman–Crippen MR) is 97.1 cm³/mol. The van der Waals surface area contributed by atoms with Crippen LogP contribution in [0.4, 0.5) is 0 Å². The van der Waals surface area contributed by atoms with E-state index in [1.54, 1.807) is 36.4 Å². The topological polar surface area (TPSA) is 71.7 Å². The Balaban J connectivity index is 1.69. The maximum atomic E-state index is 12.8. The second kappa shape index (κ2) is 7.82. The second-order valence-corrected chi connectivity index (χ2v) is 6.53. The van der Waals surface area contributed by atoms with Crippen molar-refractivity contribution in [2.24, 2.45) is 5.73 Å². The van der Waals surface area contributed by atoms with Crippen LogP contribution in [0.1, 0.15) is 10.4 Å². The normalized spacial score (nSPS) is 18.2. The van der Waals surface area contributed by atoms with Crippen LogP contribution in [0.15, 0.2) is 42.6 Å². The molecule has 132 valence electrons. The number of aromatic nitrogens is 1. The van der Waals surface area contributed by atoms with E-state index in [0.29, 0.717) is 35.3 Å². The van der Waals surface area contributed by atoms with E-state index in [2.05, 4.69) is 9.88 Å². The lowest BCUT2D eigenvalue weighted by Gasteiger charge is -2.39. The number of carbonyl (C=O) groups excluding carboxylic acids is 1. The Kier molecular flexibility index (Phi) is 5.53. The number of benzene rings is 1. The Morgan fingerprint density at radius 2 is 2.04 bits per heavy atom. The molecular weight excluding hydrogens is 340 g/mol. The molecular formula is C18H21ClN4O2. The van der Waals surface area contributed by atoms with E-state index in [9.17, 15) is 4.79 Å². The summed E-state index contributed by atoms with van der Waals surface area (Å²) in [7, 11) is 2.04. The number of nitrogens with zero attached hydrogens (tertiary/aromatic N) is 3. The molecule has 1 aliphatic heterocycles. The summed E-state index contributed by atoms with van der Waals surface area (Å²) in [6, 6.07) is 10.5. The summed E-state index contributed by atoms with van der Waals surface area (Å²) in [5.41, 5.74) is 6.46. The molecule has 1 aliphatic rings. The van der Waals surface area contributed by atoms with Gasteiger partial charge in [0, 0.05) is 44.0 Å². The van der Waals surface area contributed by atoms with Crippen LogP contribution in [0.2, 0.25) is 5.02 Å².